The normalized spacial score (nSPS) is 21.1. The van der Waals surface area contributed by atoms with Gasteiger partial charge in [0.15, 0.2) is 0 Å². The molecule has 0 saturated carbocycles. The highest BCUT2D eigenvalue weighted by Crippen LogP contribution is 2.26. The zero-order valence-electron chi connectivity index (χ0n) is 17.0. The molecule has 0 spiro atoms. The molecular formula is C21H35Cl2N3O2. The maximum absolute atomic E-state index is 12.5. The molecule has 5 nitrogen and oxygen atoms in total. The van der Waals surface area contributed by atoms with E-state index in [9.17, 15) is 4.79 Å². The third-order valence-corrected chi connectivity index (χ3v) is 5.90. The van der Waals surface area contributed by atoms with E-state index in [1.807, 2.05) is 12.1 Å². The quantitative estimate of drug-likeness (QED) is 0.721. The van der Waals surface area contributed by atoms with Crippen LogP contribution in [0, 0.1) is 11.8 Å². The number of hydrogen-bond donors (Lipinski definition) is 2. The maximum atomic E-state index is 12.5. The van der Waals surface area contributed by atoms with Crippen LogP contribution in [-0.2, 0) is 4.79 Å². The minimum atomic E-state index is 0. The molecule has 28 heavy (non-hydrogen) atoms. The van der Waals surface area contributed by atoms with Crippen molar-refractivity contribution in [2.45, 2.75) is 45.1 Å². The van der Waals surface area contributed by atoms with Gasteiger partial charge in [-0.05, 0) is 62.7 Å². The van der Waals surface area contributed by atoms with E-state index >= 15 is 0 Å². The number of carbonyl (C=O) groups excluding carboxylic acids is 1. The van der Waals surface area contributed by atoms with Crippen LogP contribution in [-0.4, -0.2) is 45.2 Å². The maximum Gasteiger partial charge on any atom is 0.220 e. The number of ether oxygens (including phenoxy) is 1. The number of hydrogen-bond acceptors (Lipinski definition) is 4. The highest BCUT2D eigenvalue weighted by molar-refractivity contribution is 5.85. The van der Waals surface area contributed by atoms with Crippen molar-refractivity contribution in [3.8, 4) is 5.75 Å². The van der Waals surface area contributed by atoms with Crippen LogP contribution in [0.3, 0.4) is 0 Å². The van der Waals surface area contributed by atoms with E-state index in [0.717, 1.165) is 44.8 Å². The van der Waals surface area contributed by atoms with E-state index in [0.29, 0.717) is 18.3 Å². The molecule has 3 rings (SSSR count). The summed E-state index contributed by atoms with van der Waals surface area (Å²) in [6.07, 6.45) is 5.21. The summed E-state index contributed by atoms with van der Waals surface area (Å²) in [5, 5.41) is 6.69. The molecule has 2 heterocycles. The van der Waals surface area contributed by atoms with E-state index in [1.165, 1.54) is 18.5 Å². The van der Waals surface area contributed by atoms with Crippen molar-refractivity contribution in [1.82, 2.24) is 10.6 Å². The molecule has 160 valence electrons. The standard InChI is InChI=1S/C21H33N3O2.2ClH/c1-16(17-8-10-22-11-9-17)13-21(25)23-18-5-4-12-24(15-18)19-6-3-7-20(14-19)26-2;;/h3,6-7,14,16-18,22H,4-5,8-13,15H2,1-2H3,(H,23,25);2*1H. The molecule has 7 heteroatoms. The summed E-state index contributed by atoms with van der Waals surface area (Å²) in [7, 11) is 1.70. The minimum absolute atomic E-state index is 0. The average Bonchev–Trinajstić information content (AvgIpc) is 2.69. The second-order valence-electron chi connectivity index (χ2n) is 7.82. The van der Waals surface area contributed by atoms with Crippen LogP contribution in [0.1, 0.15) is 39.0 Å². The van der Waals surface area contributed by atoms with E-state index < -0.39 is 0 Å². The lowest BCUT2D eigenvalue weighted by Gasteiger charge is -2.35. The molecule has 2 unspecified atom stereocenters. The number of rotatable bonds is 6. The molecule has 2 fully saturated rings. The molecule has 2 N–H and O–H groups in total. The van der Waals surface area contributed by atoms with Crippen molar-refractivity contribution < 1.29 is 9.53 Å². The van der Waals surface area contributed by atoms with Gasteiger partial charge >= 0.3 is 0 Å². The van der Waals surface area contributed by atoms with Gasteiger partial charge in [-0.15, -0.1) is 24.8 Å². The number of benzene rings is 1. The first kappa shape index (κ1) is 24.9. The van der Waals surface area contributed by atoms with Crippen molar-refractivity contribution in [3.05, 3.63) is 24.3 Å². The van der Waals surface area contributed by atoms with Crippen molar-refractivity contribution >= 4 is 36.4 Å². The van der Waals surface area contributed by atoms with Gasteiger partial charge in [0.2, 0.25) is 5.91 Å². The number of amides is 1. The lowest BCUT2D eigenvalue weighted by atomic mass is 9.84. The molecule has 2 aliphatic rings. The number of piperidine rings is 2. The van der Waals surface area contributed by atoms with Gasteiger partial charge in [-0.1, -0.05) is 13.0 Å². The van der Waals surface area contributed by atoms with E-state index in [4.69, 9.17) is 4.74 Å². The molecule has 0 aliphatic carbocycles. The summed E-state index contributed by atoms with van der Waals surface area (Å²) in [6, 6.07) is 8.42. The first-order valence-electron chi connectivity index (χ1n) is 10.0. The summed E-state index contributed by atoms with van der Waals surface area (Å²) < 4.78 is 5.34. The highest BCUT2D eigenvalue weighted by atomic mass is 35.5. The van der Waals surface area contributed by atoms with Crippen molar-refractivity contribution in [1.29, 1.82) is 0 Å². The van der Waals surface area contributed by atoms with Crippen LogP contribution >= 0.6 is 24.8 Å². The zero-order chi connectivity index (χ0) is 18.4. The molecule has 0 aromatic heterocycles. The predicted molar refractivity (Wildman–Crippen MR) is 120 cm³/mol. The van der Waals surface area contributed by atoms with E-state index in [-0.39, 0.29) is 36.8 Å². The lowest BCUT2D eigenvalue weighted by molar-refractivity contribution is -0.123. The molecule has 1 aromatic carbocycles. The lowest BCUT2D eigenvalue weighted by Crippen LogP contribution is -2.48. The Morgan fingerprint density at radius 3 is 2.75 bits per heavy atom. The van der Waals surface area contributed by atoms with Gasteiger partial charge < -0.3 is 20.3 Å². The fourth-order valence-electron chi connectivity index (χ4n) is 4.30. The molecular weight excluding hydrogens is 397 g/mol. The summed E-state index contributed by atoms with van der Waals surface area (Å²) >= 11 is 0. The van der Waals surface area contributed by atoms with Crippen molar-refractivity contribution in [3.63, 3.8) is 0 Å². The summed E-state index contributed by atoms with van der Waals surface area (Å²) in [4.78, 5) is 14.9. The van der Waals surface area contributed by atoms with E-state index in [2.05, 4.69) is 34.6 Å². The fourth-order valence-corrected chi connectivity index (χ4v) is 4.30. The Kier molecular flexibility index (Phi) is 11.0. The Morgan fingerprint density at radius 2 is 2.04 bits per heavy atom. The predicted octanol–water partition coefficient (Wildman–Crippen LogP) is 3.65. The molecule has 2 saturated heterocycles. The Labute approximate surface area is 181 Å². The number of anilines is 1. The summed E-state index contributed by atoms with van der Waals surface area (Å²) in [5.74, 6) is 2.25. The van der Waals surface area contributed by atoms with Gasteiger partial charge in [0.25, 0.3) is 0 Å². The van der Waals surface area contributed by atoms with Crippen molar-refractivity contribution in [2.24, 2.45) is 11.8 Å². The second kappa shape index (κ2) is 12.4. The van der Waals surface area contributed by atoms with Crippen LogP contribution in [0.2, 0.25) is 0 Å². The van der Waals surface area contributed by atoms with Gasteiger partial charge in [0.1, 0.15) is 5.75 Å². The summed E-state index contributed by atoms with van der Waals surface area (Å²) in [5.41, 5.74) is 1.17. The Morgan fingerprint density at radius 1 is 1.29 bits per heavy atom. The SMILES string of the molecule is COc1cccc(N2CCCC(NC(=O)CC(C)C3CCNCC3)C2)c1.Cl.Cl. The highest BCUT2D eigenvalue weighted by Gasteiger charge is 2.25. The largest absolute Gasteiger partial charge is 0.497 e. The average molecular weight is 432 g/mol. The van der Waals surface area contributed by atoms with Crippen LogP contribution in [0.25, 0.3) is 0 Å². The number of carbonyl (C=O) groups is 1. The van der Waals surface area contributed by atoms with Gasteiger partial charge in [-0.3, -0.25) is 4.79 Å². The second-order valence-corrected chi connectivity index (χ2v) is 7.82. The third kappa shape index (κ3) is 7.02. The molecule has 0 bridgehead atoms. The van der Waals surface area contributed by atoms with Gasteiger partial charge in [-0.2, -0.15) is 0 Å². The van der Waals surface area contributed by atoms with Crippen LogP contribution in [0.5, 0.6) is 5.75 Å². The first-order valence-corrected chi connectivity index (χ1v) is 10.0. The van der Waals surface area contributed by atoms with Gasteiger partial charge in [-0.25, -0.2) is 0 Å². The third-order valence-electron chi connectivity index (χ3n) is 5.90. The van der Waals surface area contributed by atoms with Crippen LogP contribution in [0.15, 0.2) is 24.3 Å². The number of nitrogens with zero attached hydrogens (tertiary/aromatic N) is 1. The Bertz CT molecular complexity index is 597. The topological polar surface area (TPSA) is 53.6 Å². The Balaban J connectivity index is 0.00000196. The van der Waals surface area contributed by atoms with E-state index in [1.54, 1.807) is 7.11 Å². The van der Waals surface area contributed by atoms with Gasteiger partial charge in [0, 0.05) is 37.3 Å². The number of methoxy groups -OCH3 is 1. The molecule has 2 atom stereocenters. The number of halogens is 2. The molecule has 1 aromatic rings. The first-order chi connectivity index (χ1) is 12.7. The molecule has 2 aliphatic heterocycles. The molecule has 1 amide bonds. The minimum Gasteiger partial charge on any atom is -0.497 e. The fraction of sp³-hybridized carbons (Fsp3) is 0.667. The summed E-state index contributed by atoms with van der Waals surface area (Å²) in [6.45, 7) is 6.33. The van der Waals surface area contributed by atoms with Crippen LogP contribution < -0.4 is 20.3 Å². The van der Waals surface area contributed by atoms with Crippen LogP contribution in [0.4, 0.5) is 5.69 Å². The number of nitrogens with one attached hydrogen (secondary N) is 2. The zero-order valence-corrected chi connectivity index (χ0v) is 18.6. The van der Waals surface area contributed by atoms with Gasteiger partial charge in [0.05, 0.1) is 7.11 Å². The molecule has 0 radical (unpaired) electrons. The van der Waals surface area contributed by atoms with Crippen molar-refractivity contribution in [2.75, 3.05) is 38.2 Å². The smallest absolute Gasteiger partial charge is 0.220 e. The Hall–Kier alpha value is -1.17. The monoisotopic (exact) mass is 431 g/mol.